The number of aromatic nitrogens is 1. The van der Waals surface area contributed by atoms with E-state index in [9.17, 15) is 4.79 Å². The van der Waals surface area contributed by atoms with Crippen LogP contribution in [0.4, 0.5) is 0 Å². The van der Waals surface area contributed by atoms with Gasteiger partial charge >= 0.3 is 0 Å². The Kier molecular flexibility index (Phi) is 3.66. The Morgan fingerprint density at radius 3 is 2.50 bits per heavy atom. The van der Waals surface area contributed by atoms with Gasteiger partial charge in [-0.15, -0.1) is 0 Å². The number of carbonyl (C=O) groups is 1. The summed E-state index contributed by atoms with van der Waals surface area (Å²) in [5.74, 6) is 0. The molecule has 0 radical (unpaired) electrons. The van der Waals surface area contributed by atoms with Gasteiger partial charge in [0.1, 0.15) is 0 Å². The topological polar surface area (TPSA) is 22.0 Å². The van der Waals surface area contributed by atoms with Crippen molar-refractivity contribution in [1.29, 1.82) is 0 Å². The number of carbonyl (C=O) groups excluding carboxylic acids is 1. The first-order valence-electron chi connectivity index (χ1n) is 6.30. The van der Waals surface area contributed by atoms with Gasteiger partial charge in [-0.3, -0.25) is 4.79 Å². The van der Waals surface area contributed by atoms with Crippen molar-refractivity contribution in [3.8, 4) is 0 Å². The molecule has 0 N–H and O–H groups in total. The van der Waals surface area contributed by atoms with Gasteiger partial charge in [-0.1, -0.05) is 30.3 Å². The van der Waals surface area contributed by atoms with E-state index in [1.54, 1.807) is 0 Å². The summed E-state index contributed by atoms with van der Waals surface area (Å²) in [6.45, 7) is 4.34. The lowest BCUT2D eigenvalue weighted by Crippen LogP contribution is -2.27. The summed E-state index contributed by atoms with van der Waals surface area (Å²) >= 11 is 0. The van der Waals surface area contributed by atoms with Crippen LogP contribution in [0.25, 0.3) is 0 Å². The molecule has 2 heteroatoms. The second kappa shape index (κ2) is 5.21. The SMILES string of the molecule is CC(C)(CCc1ccccc1)n1cccc1C=O. The van der Waals surface area contributed by atoms with E-state index in [0.717, 1.165) is 24.8 Å². The number of benzene rings is 1. The van der Waals surface area contributed by atoms with Crippen LogP contribution < -0.4 is 0 Å². The van der Waals surface area contributed by atoms with Crippen LogP contribution in [0, 0.1) is 0 Å². The predicted octanol–water partition coefficient (Wildman–Crippen LogP) is 3.67. The molecule has 1 aromatic carbocycles. The van der Waals surface area contributed by atoms with Gasteiger partial charge in [-0.2, -0.15) is 0 Å². The van der Waals surface area contributed by atoms with Gasteiger partial charge in [0.2, 0.25) is 0 Å². The molecule has 0 fully saturated rings. The quantitative estimate of drug-likeness (QED) is 0.732. The third kappa shape index (κ3) is 2.70. The molecule has 0 atom stereocenters. The molecule has 94 valence electrons. The number of hydrogen-bond donors (Lipinski definition) is 0. The zero-order valence-electron chi connectivity index (χ0n) is 11.0. The molecule has 2 aromatic rings. The monoisotopic (exact) mass is 241 g/mol. The van der Waals surface area contributed by atoms with E-state index in [4.69, 9.17) is 0 Å². The Balaban J connectivity index is 2.10. The van der Waals surface area contributed by atoms with Crippen molar-refractivity contribution in [3.63, 3.8) is 0 Å². The molecular weight excluding hydrogens is 222 g/mol. The van der Waals surface area contributed by atoms with Crippen LogP contribution in [0.1, 0.15) is 36.3 Å². The molecule has 0 spiro atoms. The molecule has 0 saturated carbocycles. The first kappa shape index (κ1) is 12.6. The summed E-state index contributed by atoms with van der Waals surface area (Å²) in [5, 5.41) is 0. The van der Waals surface area contributed by atoms with Crippen LogP contribution in [-0.4, -0.2) is 10.9 Å². The molecule has 0 aliphatic rings. The fraction of sp³-hybridized carbons (Fsp3) is 0.312. The predicted molar refractivity (Wildman–Crippen MR) is 73.9 cm³/mol. The molecule has 0 saturated heterocycles. The Morgan fingerprint density at radius 1 is 1.11 bits per heavy atom. The van der Waals surface area contributed by atoms with E-state index in [1.807, 2.05) is 24.4 Å². The van der Waals surface area contributed by atoms with Gasteiger partial charge in [-0.05, 0) is 44.4 Å². The average Bonchev–Trinajstić information content (AvgIpc) is 2.87. The van der Waals surface area contributed by atoms with Crippen molar-refractivity contribution in [1.82, 2.24) is 4.57 Å². The van der Waals surface area contributed by atoms with Gasteiger partial charge in [-0.25, -0.2) is 0 Å². The lowest BCUT2D eigenvalue weighted by Gasteiger charge is -2.28. The van der Waals surface area contributed by atoms with Crippen LogP contribution in [0.2, 0.25) is 0 Å². The van der Waals surface area contributed by atoms with Crippen molar-refractivity contribution in [2.75, 3.05) is 0 Å². The number of nitrogens with zero attached hydrogens (tertiary/aromatic N) is 1. The smallest absolute Gasteiger partial charge is 0.166 e. The highest BCUT2D eigenvalue weighted by Gasteiger charge is 2.21. The molecule has 0 bridgehead atoms. The lowest BCUT2D eigenvalue weighted by molar-refractivity contribution is 0.110. The van der Waals surface area contributed by atoms with Gasteiger partial charge in [0.25, 0.3) is 0 Å². The second-order valence-corrected chi connectivity index (χ2v) is 5.22. The largest absolute Gasteiger partial charge is 0.340 e. The van der Waals surface area contributed by atoms with Crippen LogP contribution in [-0.2, 0) is 12.0 Å². The lowest BCUT2D eigenvalue weighted by atomic mass is 9.95. The summed E-state index contributed by atoms with van der Waals surface area (Å²) in [7, 11) is 0. The van der Waals surface area contributed by atoms with Crippen LogP contribution in [0.5, 0.6) is 0 Å². The Hall–Kier alpha value is -1.83. The van der Waals surface area contributed by atoms with E-state index >= 15 is 0 Å². The minimum absolute atomic E-state index is 0.0460. The number of rotatable bonds is 5. The van der Waals surface area contributed by atoms with E-state index in [-0.39, 0.29) is 5.54 Å². The molecular formula is C16H19NO. The first-order chi connectivity index (χ1) is 8.63. The highest BCUT2D eigenvalue weighted by atomic mass is 16.1. The highest BCUT2D eigenvalue weighted by Crippen LogP contribution is 2.24. The highest BCUT2D eigenvalue weighted by molar-refractivity contribution is 5.72. The fourth-order valence-electron chi connectivity index (χ4n) is 2.26. The molecule has 0 aliphatic carbocycles. The zero-order valence-corrected chi connectivity index (χ0v) is 11.0. The molecule has 0 amide bonds. The Morgan fingerprint density at radius 2 is 1.83 bits per heavy atom. The number of aryl methyl sites for hydroxylation is 1. The standard InChI is InChI=1S/C16H19NO/c1-16(2,17-12-6-9-15(17)13-18)11-10-14-7-4-3-5-8-14/h3-9,12-13H,10-11H2,1-2H3. The van der Waals surface area contributed by atoms with E-state index in [1.165, 1.54) is 5.56 Å². The van der Waals surface area contributed by atoms with Crippen molar-refractivity contribution >= 4 is 6.29 Å². The van der Waals surface area contributed by atoms with E-state index < -0.39 is 0 Å². The normalized spacial score (nSPS) is 11.4. The minimum Gasteiger partial charge on any atom is -0.340 e. The van der Waals surface area contributed by atoms with Crippen LogP contribution >= 0.6 is 0 Å². The average molecular weight is 241 g/mol. The summed E-state index contributed by atoms with van der Waals surface area (Å²) < 4.78 is 2.06. The molecule has 1 aromatic heterocycles. The summed E-state index contributed by atoms with van der Waals surface area (Å²) in [5.41, 5.74) is 2.04. The van der Waals surface area contributed by atoms with Crippen molar-refractivity contribution in [2.45, 2.75) is 32.2 Å². The Labute approximate surface area is 108 Å². The van der Waals surface area contributed by atoms with Crippen molar-refractivity contribution in [3.05, 3.63) is 59.9 Å². The first-order valence-corrected chi connectivity index (χ1v) is 6.30. The Bertz CT molecular complexity index is 511. The minimum atomic E-state index is -0.0460. The fourth-order valence-corrected chi connectivity index (χ4v) is 2.26. The molecule has 2 rings (SSSR count). The molecule has 0 aliphatic heterocycles. The van der Waals surface area contributed by atoms with Crippen LogP contribution in [0.15, 0.2) is 48.7 Å². The van der Waals surface area contributed by atoms with Gasteiger partial charge < -0.3 is 4.57 Å². The van der Waals surface area contributed by atoms with E-state index in [2.05, 4.69) is 42.7 Å². The third-order valence-electron chi connectivity index (χ3n) is 3.42. The summed E-state index contributed by atoms with van der Waals surface area (Å²) in [4.78, 5) is 11.0. The summed E-state index contributed by atoms with van der Waals surface area (Å²) in [6.07, 6.45) is 4.93. The maximum Gasteiger partial charge on any atom is 0.166 e. The molecule has 1 heterocycles. The van der Waals surface area contributed by atoms with Crippen LogP contribution in [0.3, 0.4) is 0 Å². The van der Waals surface area contributed by atoms with Gasteiger partial charge in [0.15, 0.2) is 6.29 Å². The van der Waals surface area contributed by atoms with Gasteiger partial charge in [0.05, 0.1) is 5.69 Å². The number of hydrogen-bond acceptors (Lipinski definition) is 1. The van der Waals surface area contributed by atoms with Crippen molar-refractivity contribution < 1.29 is 4.79 Å². The second-order valence-electron chi connectivity index (χ2n) is 5.22. The number of aldehydes is 1. The zero-order chi connectivity index (χ0) is 13.0. The van der Waals surface area contributed by atoms with Gasteiger partial charge in [0, 0.05) is 11.7 Å². The maximum absolute atomic E-state index is 11.0. The molecule has 2 nitrogen and oxygen atoms in total. The summed E-state index contributed by atoms with van der Waals surface area (Å²) in [6, 6.07) is 14.2. The van der Waals surface area contributed by atoms with Crippen molar-refractivity contribution in [2.24, 2.45) is 0 Å². The maximum atomic E-state index is 11.0. The molecule has 18 heavy (non-hydrogen) atoms. The molecule has 0 unspecified atom stereocenters. The van der Waals surface area contributed by atoms with E-state index in [0.29, 0.717) is 0 Å². The third-order valence-corrected chi connectivity index (χ3v) is 3.42.